The zero-order valence-electron chi connectivity index (χ0n) is 7.27. The van der Waals surface area contributed by atoms with Crippen molar-refractivity contribution in [3.05, 3.63) is 0 Å². The van der Waals surface area contributed by atoms with Crippen LogP contribution in [0.5, 0.6) is 0 Å². The van der Waals surface area contributed by atoms with E-state index in [1.807, 2.05) is 0 Å². The van der Waals surface area contributed by atoms with Gasteiger partial charge in [-0.2, -0.15) is 0 Å². The molecule has 3 heteroatoms. The Hall–Kier alpha value is -0.620. The molecule has 0 unspecified atom stereocenters. The van der Waals surface area contributed by atoms with E-state index < -0.39 is 0 Å². The first-order valence-corrected chi connectivity index (χ1v) is 5.90. The largest absolute Gasteiger partial charge is 0.345 e. The summed E-state index contributed by atoms with van der Waals surface area (Å²) in [6.45, 7) is 1.98. The summed E-state index contributed by atoms with van der Waals surface area (Å²) in [6, 6.07) is 0. The van der Waals surface area contributed by atoms with Gasteiger partial charge < -0.3 is 5.32 Å². The molecule has 2 nitrogen and oxygen atoms in total. The third-order valence-electron chi connectivity index (χ3n) is 0.946. The monoisotopic (exact) mass is 173 g/mol. The van der Waals surface area contributed by atoms with Crippen LogP contribution in [0.3, 0.4) is 0 Å². The SMILES string of the molecule is CC(=O)NCC#CC[SH](C)C. The van der Waals surface area contributed by atoms with Gasteiger partial charge in [0.15, 0.2) is 0 Å². The maximum absolute atomic E-state index is 10.4. The molecular formula is C8H15NOS. The van der Waals surface area contributed by atoms with E-state index in [1.165, 1.54) is 6.92 Å². The standard InChI is InChI=1S/C8H15NOS/c1-8(10)9-6-4-5-7-11(2)3/h11H,6-7H2,1-3H3,(H,9,10). The molecular weight excluding hydrogens is 158 g/mol. The van der Waals surface area contributed by atoms with Gasteiger partial charge in [-0.25, -0.2) is 10.9 Å². The van der Waals surface area contributed by atoms with E-state index in [0.717, 1.165) is 5.75 Å². The third kappa shape index (κ3) is 9.38. The van der Waals surface area contributed by atoms with Gasteiger partial charge in [-0.1, -0.05) is 11.8 Å². The molecule has 0 spiro atoms. The Balaban J connectivity index is 3.33. The summed E-state index contributed by atoms with van der Waals surface area (Å²) in [6.07, 6.45) is 4.37. The Bertz CT molecular complexity index is 178. The van der Waals surface area contributed by atoms with Crippen LogP contribution in [0.15, 0.2) is 0 Å². The van der Waals surface area contributed by atoms with E-state index in [9.17, 15) is 4.79 Å². The summed E-state index contributed by atoms with van der Waals surface area (Å²) in [5.74, 6) is 6.83. The molecule has 0 aliphatic rings. The lowest BCUT2D eigenvalue weighted by Crippen LogP contribution is -2.19. The molecule has 11 heavy (non-hydrogen) atoms. The molecule has 0 aliphatic carbocycles. The van der Waals surface area contributed by atoms with Gasteiger partial charge in [0.05, 0.1) is 6.54 Å². The molecule has 1 amide bonds. The van der Waals surface area contributed by atoms with Gasteiger partial charge >= 0.3 is 0 Å². The summed E-state index contributed by atoms with van der Waals surface area (Å²) >= 11 is 0. The molecule has 0 heterocycles. The van der Waals surface area contributed by atoms with Gasteiger partial charge in [0.2, 0.25) is 5.91 Å². The van der Waals surface area contributed by atoms with Crippen molar-refractivity contribution in [3.8, 4) is 11.8 Å². The van der Waals surface area contributed by atoms with Crippen LogP contribution in [0.4, 0.5) is 0 Å². The summed E-state index contributed by atoms with van der Waals surface area (Å²) in [7, 11) is 0.0813. The number of nitrogens with one attached hydrogen (secondary N) is 1. The lowest BCUT2D eigenvalue weighted by molar-refractivity contribution is -0.118. The number of rotatable bonds is 2. The topological polar surface area (TPSA) is 29.1 Å². The van der Waals surface area contributed by atoms with Gasteiger partial charge in [-0.3, -0.25) is 4.79 Å². The zero-order valence-corrected chi connectivity index (χ0v) is 8.16. The highest BCUT2D eigenvalue weighted by atomic mass is 32.2. The summed E-state index contributed by atoms with van der Waals surface area (Å²) in [4.78, 5) is 10.4. The smallest absolute Gasteiger partial charge is 0.217 e. The molecule has 64 valence electrons. The Morgan fingerprint density at radius 2 is 2.09 bits per heavy atom. The Morgan fingerprint density at radius 3 is 2.55 bits per heavy atom. The van der Waals surface area contributed by atoms with Crippen LogP contribution in [0.1, 0.15) is 6.92 Å². The number of hydrogen-bond donors (Lipinski definition) is 2. The molecule has 0 bridgehead atoms. The summed E-state index contributed by atoms with van der Waals surface area (Å²) in [5.41, 5.74) is 0. The summed E-state index contributed by atoms with van der Waals surface area (Å²) in [5, 5.41) is 2.61. The maximum atomic E-state index is 10.4. The van der Waals surface area contributed by atoms with Crippen molar-refractivity contribution in [2.75, 3.05) is 24.8 Å². The highest BCUT2D eigenvalue weighted by molar-refractivity contribution is 8.16. The molecule has 1 N–H and O–H groups in total. The van der Waals surface area contributed by atoms with Gasteiger partial charge in [-0.15, -0.1) is 0 Å². The first kappa shape index (κ1) is 10.4. The fraction of sp³-hybridized carbons (Fsp3) is 0.625. The molecule has 0 aromatic rings. The van der Waals surface area contributed by atoms with E-state index in [4.69, 9.17) is 0 Å². The number of hydrogen-bond acceptors (Lipinski definition) is 1. The lowest BCUT2D eigenvalue weighted by Gasteiger charge is -1.99. The van der Waals surface area contributed by atoms with Gasteiger partial charge in [-0.05, 0) is 12.5 Å². The molecule has 0 aromatic carbocycles. The maximum Gasteiger partial charge on any atom is 0.217 e. The molecule has 0 atom stereocenters. The molecule has 0 aliphatic heterocycles. The average Bonchev–Trinajstić information content (AvgIpc) is 1.85. The fourth-order valence-electron chi connectivity index (χ4n) is 0.445. The minimum Gasteiger partial charge on any atom is -0.345 e. The zero-order chi connectivity index (χ0) is 8.69. The van der Waals surface area contributed by atoms with Crippen LogP contribution in [-0.2, 0) is 4.79 Å². The second-order valence-corrected chi connectivity index (χ2v) is 4.98. The van der Waals surface area contributed by atoms with E-state index in [-0.39, 0.29) is 16.8 Å². The Labute approximate surface area is 71.1 Å². The van der Waals surface area contributed by atoms with Crippen LogP contribution >= 0.6 is 10.9 Å². The normalized spacial score (nSPS) is 9.55. The van der Waals surface area contributed by atoms with Crippen molar-refractivity contribution in [1.29, 1.82) is 0 Å². The van der Waals surface area contributed by atoms with Crippen molar-refractivity contribution < 1.29 is 4.79 Å². The predicted molar refractivity (Wildman–Crippen MR) is 52.2 cm³/mol. The second-order valence-electron chi connectivity index (χ2n) is 2.50. The van der Waals surface area contributed by atoms with Crippen LogP contribution in [0, 0.1) is 11.8 Å². The van der Waals surface area contributed by atoms with E-state index >= 15 is 0 Å². The summed E-state index contributed by atoms with van der Waals surface area (Å²) < 4.78 is 0. The van der Waals surface area contributed by atoms with E-state index in [2.05, 4.69) is 29.7 Å². The first-order valence-electron chi connectivity index (χ1n) is 3.48. The second kappa shape index (κ2) is 6.11. The quantitative estimate of drug-likeness (QED) is 0.459. The molecule has 0 fully saturated rings. The van der Waals surface area contributed by atoms with Crippen molar-refractivity contribution in [1.82, 2.24) is 5.32 Å². The van der Waals surface area contributed by atoms with Crippen LogP contribution in [0.25, 0.3) is 0 Å². The Kier molecular flexibility index (Phi) is 5.77. The van der Waals surface area contributed by atoms with Gasteiger partial charge in [0.25, 0.3) is 0 Å². The molecule has 0 radical (unpaired) electrons. The van der Waals surface area contributed by atoms with E-state index in [1.54, 1.807) is 0 Å². The predicted octanol–water partition coefficient (Wildman–Crippen LogP) is 0.387. The van der Waals surface area contributed by atoms with Gasteiger partial charge in [0, 0.05) is 12.7 Å². The van der Waals surface area contributed by atoms with Crippen LogP contribution < -0.4 is 5.32 Å². The number of thiol groups is 1. The third-order valence-corrected chi connectivity index (χ3v) is 1.74. The lowest BCUT2D eigenvalue weighted by atomic mass is 10.5. The molecule has 0 saturated carbocycles. The van der Waals surface area contributed by atoms with Crippen molar-refractivity contribution >= 4 is 16.8 Å². The van der Waals surface area contributed by atoms with Crippen LogP contribution in [-0.4, -0.2) is 30.7 Å². The van der Waals surface area contributed by atoms with Crippen LogP contribution in [0.2, 0.25) is 0 Å². The fourth-order valence-corrected chi connectivity index (χ4v) is 0.873. The highest BCUT2D eigenvalue weighted by Gasteiger charge is 1.84. The average molecular weight is 173 g/mol. The van der Waals surface area contributed by atoms with Gasteiger partial charge in [0.1, 0.15) is 0 Å². The molecule has 0 aromatic heterocycles. The molecule has 0 rings (SSSR count). The number of carbonyl (C=O) groups excluding carboxylic acids is 1. The first-order chi connectivity index (χ1) is 5.13. The van der Waals surface area contributed by atoms with Crippen molar-refractivity contribution in [2.45, 2.75) is 6.92 Å². The number of carbonyl (C=O) groups is 1. The molecule has 0 saturated heterocycles. The minimum absolute atomic E-state index is 0.0189. The minimum atomic E-state index is -0.0189. The van der Waals surface area contributed by atoms with E-state index in [0.29, 0.717) is 6.54 Å². The van der Waals surface area contributed by atoms with Crippen molar-refractivity contribution in [3.63, 3.8) is 0 Å². The highest BCUT2D eigenvalue weighted by Crippen LogP contribution is 2.09. The Morgan fingerprint density at radius 1 is 1.45 bits per heavy atom. The number of amides is 1. The van der Waals surface area contributed by atoms with Crippen molar-refractivity contribution in [2.24, 2.45) is 0 Å².